The number of carbonyl (C=O) groups is 1. The van der Waals surface area contributed by atoms with Gasteiger partial charge in [-0.25, -0.2) is 4.79 Å². The number of methoxy groups -OCH3 is 1. The summed E-state index contributed by atoms with van der Waals surface area (Å²) in [6.07, 6.45) is 6.01. The Morgan fingerprint density at radius 1 is 1.16 bits per heavy atom. The summed E-state index contributed by atoms with van der Waals surface area (Å²) in [4.78, 5) is 12.1. The van der Waals surface area contributed by atoms with E-state index in [0.717, 1.165) is 11.4 Å². The zero-order chi connectivity index (χ0) is 18.4. The predicted octanol–water partition coefficient (Wildman–Crippen LogP) is 5.42. The number of nitrogens with one attached hydrogen (secondary N) is 2. The average molecular weight is 348 g/mol. The monoisotopic (exact) mass is 348 g/mol. The SMILES string of the molecule is COc1ccc(NC(=O)OC(C)(C)C)c(NC(C)C2CCCCC2)c1. The van der Waals surface area contributed by atoms with E-state index in [0.29, 0.717) is 17.6 Å². The summed E-state index contributed by atoms with van der Waals surface area (Å²) in [7, 11) is 1.64. The molecule has 1 aliphatic rings. The number of benzene rings is 1. The largest absolute Gasteiger partial charge is 0.497 e. The fourth-order valence-corrected chi connectivity index (χ4v) is 3.29. The molecular formula is C20H32N2O3. The lowest BCUT2D eigenvalue weighted by atomic mass is 9.84. The molecule has 0 heterocycles. The summed E-state index contributed by atoms with van der Waals surface area (Å²) in [5.74, 6) is 1.42. The first-order chi connectivity index (χ1) is 11.8. The average Bonchev–Trinajstić information content (AvgIpc) is 2.55. The lowest BCUT2D eigenvalue weighted by molar-refractivity contribution is 0.0636. The molecule has 5 nitrogen and oxygen atoms in total. The molecular weight excluding hydrogens is 316 g/mol. The zero-order valence-electron chi connectivity index (χ0n) is 16.1. The Balaban J connectivity index is 2.12. The summed E-state index contributed by atoms with van der Waals surface area (Å²) < 4.78 is 10.7. The van der Waals surface area contributed by atoms with Crippen molar-refractivity contribution in [1.29, 1.82) is 0 Å². The minimum atomic E-state index is -0.528. The van der Waals surface area contributed by atoms with Gasteiger partial charge in [0.2, 0.25) is 0 Å². The second kappa shape index (κ2) is 8.45. The van der Waals surface area contributed by atoms with Gasteiger partial charge in [-0.05, 0) is 58.6 Å². The lowest BCUT2D eigenvalue weighted by Crippen LogP contribution is -2.29. The number of hydrogen-bond acceptors (Lipinski definition) is 4. The van der Waals surface area contributed by atoms with Crippen LogP contribution in [0.4, 0.5) is 16.2 Å². The summed E-state index contributed by atoms with van der Waals surface area (Å²) in [5.41, 5.74) is 1.04. The van der Waals surface area contributed by atoms with E-state index >= 15 is 0 Å². The van der Waals surface area contributed by atoms with Crippen molar-refractivity contribution >= 4 is 17.5 Å². The van der Waals surface area contributed by atoms with Crippen molar-refractivity contribution in [3.05, 3.63) is 18.2 Å². The summed E-state index contributed by atoms with van der Waals surface area (Å²) >= 11 is 0. The molecule has 140 valence electrons. The number of hydrogen-bond donors (Lipinski definition) is 2. The Kier molecular flexibility index (Phi) is 6.57. The Hall–Kier alpha value is -1.91. The van der Waals surface area contributed by atoms with E-state index in [1.165, 1.54) is 32.1 Å². The summed E-state index contributed by atoms with van der Waals surface area (Å²) in [5, 5.41) is 6.42. The van der Waals surface area contributed by atoms with E-state index in [4.69, 9.17) is 9.47 Å². The second-order valence-electron chi connectivity index (χ2n) is 7.87. The van der Waals surface area contributed by atoms with Crippen molar-refractivity contribution in [1.82, 2.24) is 0 Å². The Labute approximate surface area is 151 Å². The van der Waals surface area contributed by atoms with Gasteiger partial charge < -0.3 is 14.8 Å². The van der Waals surface area contributed by atoms with Crippen LogP contribution in [0.5, 0.6) is 5.75 Å². The van der Waals surface area contributed by atoms with E-state index < -0.39 is 11.7 Å². The third kappa shape index (κ3) is 6.15. The topological polar surface area (TPSA) is 59.6 Å². The number of rotatable bonds is 5. The van der Waals surface area contributed by atoms with Gasteiger partial charge >= 0.3 is 6.09 Å². The Morgan fingerprint density at radius 2 is 1.84 bits per heavy atom. The van der Waals surface area contributed by atoms with E-state index in [1.807, 2.05) is 39.0 Å². The van der Waals surface area contributed by atoms with Gasteiger partial charge in [0, 0.05) is 12.1 Å². The molecule has 1 fully saturated rings. The highest BCUT2D eigenvalue weighted by Crippen LogP contribution is 2.32. The molecule has 0 aliphatic heterocycles. The van der Waals surface area contributed by atoms with Crippen molar-refractivity contribution in [2.75, 3.05) is 17.7 Å². The first-order valence-electron chi connectivity index (χ1n) is 9.23. The van der Waals surface area contributed by atoms with Crippen molar-refractivity contribution < 1.29 is 14.3 Å². The standard InChI is InChI=1S/C20H32N2O3/c1-14(15-9-7-6-8-10-15)21-18-13-16(24-5)11-12-17(18)22-19(23)25-20(2,3)4/h11-15,21H,6-10H2,1-5H3,(H,22,23). The fourth-order valence-electron chi connectivity index (χ4n) is 3.29. The molecule has 25 heavy (non-hydrogen) atoms. The summed E-state index contributed by atoms with van der Waals surface area (Å²) in [6.45, 7) is 7.77. The number of anilines is 2. The third-order valence-corrected chi connectivity index (χ3v) is 4.60. The highest BCUT2D eigenvalue weighted by molar-refractivity contribution is 5.90. The molecule has 1 saturated carbocycles. The van der Waals surface area contributed by atoms with Crippen molar-refractivity contribution in [3.8, 4) is 5.75 Å². The molecule has 1 aliphatic carbocycles. The first kappa shape index (κ1) is 19.4. The number of carbonyl (C=O) groups excluding carboxylic acids is 1. The fraction of sp³-hybridized carbons (Fsp3) is 0.650. The van der Waals surface area contributed by atoms with Crippen molar-refractivity contribution in [2.45, 2.75) is 71.4 Å². The molecule has 1 aromatic carbocycles. The van der Waals surface area contributed by atoms with Crippen molar-refractivity contribution in [2.24, 2.45) is 5.92 Å². The van der Waals surface area contributed by atoms with Gasteiger partial charge in [0.25, 0.3) is 0 Å². The maximum absolute atomic E-state index is 12.1. The van der Waals surface area contributed by atoms with Crippen molar-refractivity contribution in [3.63, 3.8) is 0 Å². The van der Waals surface area contributed by atoms with Crippen LogP contribution in [-0.2, 0) is 4.74 Å². The molecule has 1 aromatic rings. The van der Waals surface area contributed by atoms with Crippen LogP contribution in [0.2, 0.25) is 0 Å². The Morgan fingerprint density at radius 3 is 2.44 bits per heavy atom. The van der Waals surface area contributed by atoms with Gasteiger partial charge in [-0.1, -0.05) is 19.3 Å². The molecule has 2 N–H and O–H groups in total. The molecule has 0 spiro atoms. The molecule has 0 bridgehead atoms. The van der Waals surface area contributed by atoms with Gasteiger partial charge in [0.1, 0.15) is 11.4 Å². The molecule has 5 heteroatoms. The van der Waals surface area contributed by atoms with Gasteiger partial charge in [-0.3, -0.25) is 5.32 Å². The molecule has 0 saturated heterocycles. The molecule has 1 unspecified atom stereocenters. The summed E-state index contributed by atoms with van der Waals surface area (Å²) in [6, 6.07) is 5.94. The van der Waals surface area contributed by atoms with Crippen LogP contribution in [0.25, 0.3) is 0 Å². The van der Waals surface area contributed by atoms with E-state index in [1.54, 1.807) is 7.11 Å². The van der Waals surface area contributed by atoms with Crippen LogP contribution >= 0.6 is 0 Å². The first-order valence-corrected chi connectivity index (χ1v) is 9.23. The van der Waals surface area contributed by atoms with Crippen LogP contribution in [0.1, 0.15) is 59.8 Å². The van der Waals surface area contributed by atoms with Gasteiger partial charge in [0.15, 0.2) is 0 Å². The van der Waals surface area contributed by atoms with Crippen LogP contribution in [-0.4, -0.2) is 24.8 Å². The zero-order valence-corrected chi connectivity index (χ0v) is 16.1. The second-order valence-corrected chi connectivity index (χ2v) is 7.87. The molecule has 1 amide bonds. The minimum absolute atomic E-state index is 0.339. The highest BCUT2D eigenvalue weighted by Gasteiger charge is 2.22. The van der Waals surface area contributed by atoms with Gasteiger partial charge in [0.05, 0.1) is 18.5 Å². The highest BCUT2D eigenvalue weighted by atomic mass is 16.6. The van der Waals surface area contributed by atoms with Crippen LogP contribution < -0.4 is 15.4 Å². The van der Waals surface area contributed by atoms with Crippen LogP contribution in [0.3, 0.4) is 0 Å². The van der Waals surface area contributed by atoms with E-state index in [-0.39, 0.29) is 0 Å². The maximum Gasteiger partial charge on any atom is 0.412 e. The quantitative estimate of drug-likeness (QED) is 0.745. The number of ether oxygens (including phenoxy) is 2. The number of amides is 1. The van der Waals surface area contributed by atoms with E-state index in [2.05, 4.69) is 17.6 Å². The molecule has 0 radical (unpaired) electrons. The van der Waals surface area contributed by atoms with Crippen LogP contribution in [0, 0.1) is 5.92 Å². The van der Waals surface area contributed by atoms with Crippen LogP contribution in [0.15, 0.2) is 18.2 Å². The smallest absolute Gasteiger partial charge is 0.412 e. The lowest BCUT2D eigenvalue weighted by Gasteiger charge is -2.30. The minimum Gasteiger partial charge on any atom is -0.497 e. The molecule has 1 atom stereocenters. The third-order valence-electron chi connectivity index (χ3n) is 4.60. The van der Waals surface area contributed by atoms with Gasteiger partial charge in [-0.2, -0.15) is 0 Å². The normalized spacial score (nSPS) is 16.8. The molecule has 0 aromatic heterocycles. The van der Waals surface area contributed by atoms with E-state index in [9.17, 15) is 4.79 Å². The molecule has 2 rings (SSSR count). The van der Waals surface area contributed by atoms with Gasteiger partial charge in [-0.15, -0.1) is 0 Å². The predicted molar refractivity (Wildman–Crippen MR) is 103 cm³/mol. The Bertz CT molecular complexity index is 575. The maximum atomic E-state index is 12.1.